The van der Waals surface area contributed by atoms with E-state index in [1.165, 1.54) is 131 Å². The third-order valence-corrected chi connectivity index (χ3v) is 16.0. The first-order valence-electron chi connectivity index (χ1n) is 28.2. The molecule has 4 heteroatoms. The number of halogens is 2. The van der Waals surface area contributed by atoms with Gasteiger partial charge in [-0.15, -0.1) is 44.8 Å². The molecule has 2 unspecified atom stereocenters. The van der Waals surface area contributed by atoms with Gasteiger partial charge in [0.2, 0.25) is 0 Å². The maximum Gasteiger partial charge on any atom is -1.00 e. The van der Waals surface area contributed by atoms with Gasteiger partial charge in [0.05, 0.1) is 0 Å². The Hall–Kier alpha value is -7.42. The number of hydrogen-bond acceptors (Lipinski definition) is 0. The molecule has 0 saturated carbocycles. The van der Waals surface area contributed by atoms with Crippen molar-refractivity contribution >= 4 is 70.1 Å². The average molecular weight is 1190 g/mol. The van der Waals surface area contributed by atoms with E-state index in [-0.39, 0.29) is 30.2 Å². The Kier molecular flexibility index (Phi) is 18.5. The van der Waals surface area contributed by atoms with Gasteiger partial charge in [0.25, 0.3) is 0 Å². The summed E-state index contributed by atoms with van der Waals surface area (Å²) in [6, 6.07) is 102. The van der Waals surface area contributed by atoms with E-state index >= 15 is 0 Å². The molecule has 0 aromatic heterocycles. The van der Waals surface area contributed by atoms with Crippen molar-refractivity contribution in [3.05, 3.63) is 301 Å². The third kappa shape index (κ3) is 12.2. The first-order chi connectivity index (χ1) is 39.3. The van der Waals surface area contributed by atoms with Gasteiger partial charge in [-0.2, -0.15) is 12.1 Å². The Labute approximate surface area is 511 Å². The maximum atomic E-state index is 2.44. The second kappa shape index (κ2) is 26.2. The van der Waals surface area contributed by atoms with Crippen LogP contribution in [-0.2, 0) is 36.2 Å². The van der Waals surface area contributed by atoms with Crippen LogP contribution in [0.3, 0.4) is 0 Å². The van der Waals surface area contributed by atoms with Crippen LogP contribution in [0, 0.1) is 0 Å². The van der Waals surface area contributed by atoms with Gasteiger partial charge in [-0.1, -0.05) is 302 Å². The summed E-state index contributed by atoms with van der Waals surface area (Å²) in [5.74, 6) is 0.907. The van der Waals surface area contributed by atoms with Gasteiger partial charge in [-0.25, -0.2) is 0 Å². The molecule has 0 fully saturated rings. The van der Waals surface area contributed by atoms with E-state index in [2.05, 4.69) is 306 Å². The van der Waals surface area contributed by atoms with Crippen molar-refractivity contribution in [1.82, 2.24) is 0 Å². The van der Waals surface area contributed by atoms with Gasteiger partial charge < -0.3 is 24.8 Å². The number of hydrogen-bond donors (Lipinski definition) is 0. The van der Waals surface area contributed by atoms with Crippen LogP contribution in [0.4, 0.5) is 0 Å². The van der Waals surface area contributed by atoms with Crippen LogP contribution in [0.2, 0.25) is 13.1 Å². The summed E-state index contributed by atoms with van der Waals surface area (Å²) in [4.78, 5) is 0. The minimum atomic E-state index is 0. The molecule has 14 aromatic rings. The summed E-state index contributed by atoms with van der Waals surface area (Å²) in [6.45, 7) is 9.29. The molecule has 14 aromatic carbocycles. The van der Waals surface area contributed by atoms with Gasteiger partial charge in [0, 0.05) is 0 Å². The van der Waals surface area contributed by atoms with Crippen LogP contribution >= 0.6 is 0 Å². The van der Waals surface area contributed by atoms with Crippen molar-refractivity contribution < 1.29 is 48.1 Å². The van der Waals surface area contributed by atoms with Crippen molar-refractivity contribution in [2.75, 3.05) is 0 Å². The molecule has 0 heterocycles. The molecular formula is C78H64Cl2SiZr-2. The molecule has 0 nitrogen and oxygen atoms in total. The van der Waals surface area contributed by atoms with E-state index in [1.54, 1.807) is 23.3 Å². The molecule has 0 aliphatic rings. The van der Waals surface area contributed by atoms with E-state index in [9.17, 15) is 0 Å². The smallest absolute Gasteiger partial charge is 1.00 e. The van der Waals surface area contributed by atoms with Crippen molar-refractivity contribution in [3.8, 4) is 44.5 Å². The van der Waals surface area contributed by atoms with Crippen LogP contribution in [-0.4, -0.2) is 5.43 Å². The van der Waals surface area contributed by atoms with Crippen molar-refractivity contribution in [2.24, 2.45) is 0 Å². The minimum absolute atomic E-state index is 0. The Bertz CT molecular complexity index is 3970. The topological polar surface area (TPSA) is 0 Å². The van der Waals surface area contributed by atoms with Crippen molar-refractivity contribution in [2.45, 2.75) is 51.6 Å². The first kappa shape index (κ1) is 57.8. The van der Waals surface area contributed by atoms with E-state index < -0.39 is 0 Å². The van der Waals surface area contributed by atoms with Crippen LogP contribution < -0.4 is 24.8 Å². The molecule has 0 amide bonds. The second-order valence-corrected chi connectivity index (χ2v) is 31.2. The molecule has 0 saturated heterocycles. The quantitative estimate of drug-likeness (QED) is 0.0946. The zero-order valence-corrected chi connectivity index (χ0v) is 51.9. The van der Waals surface area contributed by atoms with E-state index in [1.807, 2.05) is 0 Å². The van der Waals surface area contributed by atoms with Crippen molar-refractivity contribution in [1.29, 1.82) is 0 Å². The summed E-state index contributed by atoms with van der Waals surface area (Å²) in [6.07, 6.45) is 2.03. The Morgan fingerprint density at radius 3 is 0.866 bits per heavy atom. The van der Waals surface area contributed by atoms with E-state index in [4.69, 9.17) is 0 Å². The van der Waals surface area contributed by atoms with Crippen LogP contribution in [0.5, 0.6) is 0 Å². The predicted molar refractivity (Wildman–Crippen MR) is 345 cm³/mol. The Morgan fingerprint density at radius 2 is 0.549 bits per heavy atom. The second-order valence-electron chi connectivity index (χ2n) is 21.8. The summed E-state index contributed by atoms with van der Waals surface area (Å²) in [7, 11) is 0. The predicted octanol–water partition coefficient (Wildman–Crippen LogP) is 15.9. The molecule has 14 rings (SSSR count). The van der Waals surface area contributed by atoms with Gasteiger partial charge in [-0.05, 0) is 90.0 Å². The monoisotopic (exact) mass is 1190 g/mol. The fourth-order valence-electron chi connectivity index (χ4n) is 12.2. The molecule has 0 aliphatic carbocycles. The van der Waals surface area contributed by atoms with Crippen molar-refractivity contribution in [3.63, 3.8) is 0 Å². The third-order valence-electron chi connectivity index (χ3n) is 16.0. The largest absolute Gasteiger partial charge is 1.00 e. The van der Waals surface area contributed by atoms with Gasteiger partial charge >= 0.3 is 41.9 Å². The van der Waals surface area contributed by atoms with Gasteiger partial charge in [-0.3, -0.25) is 0 Å². The summed E-state index contributed by atoms with van der Waals surface area (Å²) in [5.41, 5.74) is 16.2. The Morgan fingerprint density at radius 1 is 0.305 bits per heavy atom. The molecule has 0 spiro atoms. The number of benzene rings is 12. The summed E-state index contributed by atoms with van der Waals surface area (Å²) >= 11 is 1.74. The molecule has 0 radical (unpaired) electrons. The molecule has 0 N–H and O–H groups in total. The normalized spacial score (nSPS) is 11.8. The molecule has 0 aliphatic heterocycles. The van der Waals surface area contributed by atoms with Gasteiger partial charge in [0.15, 0.2) is 0 Å². The van der Waals surface area contributed by atoms with E-state index in [0.717, 1.165) is 12.8 Å². The summed E-state index contributed by atoms with van der Waals surface area (Å²) < 4.78 is 0. The van der Waals surface area contributed by atoms with Crippen LogP contribution in [0.25, 0.3) is 109 Å². The molecule has 0 bridgehead atoms. The first-order valence-corrected chi connectivity index (χ1v) is 34.4. The zero-order chi connectivity index (χ0) is 54.5. The molecule has 400 valence electrons. The fraction of sp³-hybridized carbons (Fsp3) is 0.103. The van der Waals surface area contributed by atoms with E-state index in [0.29, 0.717) is 11.8 Å². The zero-order valence-electron chi connectivity index (χ0n) is 46.9. The number of rotatable bonds is 10. The average Bonchev–Trinajstić information content (AvgIpc) is 4.33. The SMILES string of the molecule is CC(Cc1cc2c(-c3cccc4ccccc34)ccc(-c3cccc4ccccc34)c2[cH-]1)c1ccccc1.CC(Cc1cc2c(-c3cccc4ccccc34)ccc(-c3cccc4ccccc34)c2[cH-]1)c1ccccc1.C[Si](C)=[Zr+2].[Cl-].[Cl-]. The molecule has 2 atom stereocenters. The summed E-state index contributed by atoms with van der Waals surface area (Å²) in [5, 5.41) is 15.7. The minimum Gasteiger partial charge on any atom is -1.00 e. The number of fused-ring (bicyclic) bond motifs is 6. The molecular weight excluding hydrogens is 1130 g/mol. The standard InChI is InChI=1S/2C38H29.C2H6Si.2ClH.Zr/c2*1-26(28-11-3-2-4-12-28)23-27-24-37-35(33-19-9-15-29-13-5-7-17-31(29)33)21-22-36(38(37)25-27)34-20-10-16-30-14-6-8-18-32(30)34;1-3-2;;;/h2*2-22,24-26H,23H2,1H3;1-2H3;2*1H;/q2*-1;;;;+2/p-2. The van der Waals surface area contributed by atoms with Crippen LogP contribution in [0.1, 0.15) is 47.9 Å². The van der Waals surface area contributed by atoms with Gasteiger partial charge in [0.1, 0.15) is 0 Å². The Balaban J connectivity index is 0.000000169. The molecule has 82 heavy (non-hydrogen) atoms. The maximum absolute atomic E-state index is 2.44. The fourth-order valence-corrected chi connectivity index (χ4v) is 12.2. The van der Waals surface area contributed by atoms with Crippen LogP contribution in [0.15, 0.2) is 279 Å².